The van der Waals surface area contributed by atoms with Crippen molar-refractivity contribution in [3.63, 3.8) is 0 Å². The Labute approximate surface area is 127 Å². The lowest BCUT2D eigenvalue weighted by Gasteiger charge is -2.20. The van der Waals surface area contributed by atoms with E-state index >= 15 is 0 Å². The summed E-state index contributed by atoms with van der Waals surface area (Å²) in [6.45, 7) is 3.66. The van der Waals surface area contributed by atoms with Crippen molar-refractivity contribution in [2.75, 3.05) is 13.2 Å². The molecule has 1 aromatic carbocycles. The van der Waals surface area contributed by atoms with Crippen LogP contribution < -0.4 is 9.47 Å². The molecule has 2 unspecified atom stereocenters. The predicted molar refractivity (Wildman–Crippen MR) is 80.2 cm³/mol. The zero-order valence-corrected chi connectivity index (χ0v) is 13.3. The number of alkyl halides is 1. The van der Waals surface area contributed by atoms with Crippen LogP contribution in [0.2, 0.25) is 0 Å². The average molecular weight is 346 g/mol. The molecule has 104 valence electrons. The van der Waals surface area contributed by atoms with E-state index in [9.17, 15) is 0 Å². The van der Waals surface area contributed by atoms with E-state index in [2.05, 4.69) is 22.9 Å². The van der Waals surface area contributed by atoms with Crippen LogP contribution in [-0.2, 0) is 0 Å². The molecule has 0 amide bonds. The van der Waals surface area contributed by atoms with E-state index in [-0.39, 0.29) is 5.38 Å². The Hall–Kier alpha value is -0.410. The highest BCUT2D eigenvalue weighted by Gasteiger charge is 2.34. The van der Waals surface area contributed by atoms with Gasteiger partial charge in [0.15, 0.2) is 11.5 Å². The number of hydrogen-bond donors (Lipinski definition) is 0. The molecule has 0 radical (unpaired) electrons. The van der Waals surface area contributed by atoms with Gasteiger partial charge in [0.25, 0.3) is 0 Å². The molecule has 1 aliphatic carbocycles. The van der Waals surface area contributed by atoms with Crippen molar-refractivity contribution in [1.29, 1.82) is 0 Å². The summed E-state index contributed by atoms with van der Waals surface area (Å²) in [4.78, 5) is 0. The largest absolute Gasteiger partial charge is 0.490 e. The minimum absolute atomic E-state index is 0.0269. The lowest BCUT2D eigenvalue weighted by atomic mass is 9.96. The second kappa shape index (κ2) is 5.53. The summed E-state index contributed by atoms with van der Waals surface area (Å²) in [5.74, 6) is 2.92. The van der Waals surface area contributed by atoms with Gasteiger partial charge in [-0.05, 0) is 42.4 Å². The second-order valence-electron chi connectivity index (χ2n) is 5.47. The summed E-state index contributed by atoms with van der Waals surface area (Å²) in [5.41, 5.74) is 1.12. The Balaban J connectivity index is 1.90. The molecule has 0 aromatic heterocycles. The van der Waals surface area contributed by atoms with Crippen molar-refractivity contribution in [3.05, 3.63) is 22.2 Å². The molecule has 19 heavy (non-hydrogen) atoms. The molecule has 3 rings (SSSR count). The number of ether oxygens (including phenoxy) is 2. The van der Waals surface area contributed by atoms with Crippen LogP contribution in [0.25, 0.3) is 0 Å². The van der Waals surface area contributed by atoms with E-state index in [1.54, 1.807) is 0 Å². The van der Waals surface area contributed by atoms with E-state index in [1.807, 2.05) is 12.1 Å². The van der Waals surface area contributed by atoms with E-state index in [0.29, 0.717) is 19.1 Å². The topological polar surface area (TPSA) is 18.5 Å². The maximum atomic E-state index is 6.65. The van der Waals surface area contributed by atoms with E-state index in [4.69, 9.17) is 21.1 Å². The fourth-order valence-corrected chi connectivity index (χ4v) is 3.64. The van der Waals surface area contributed by atoms with Gasteiger partial charge in [0.1, 0.15) is 0 Å². The third-order valence-electron chi connectivity index (χ3n) is 3.99. The van der Waals surface area contributed by atoms with Gasteiger partial charge >= 0.3 is 0 Å². The summed E-state index contributed by atoms with van der Waals surface area (Å²) in [6, 6.07) is 4.03. The zero-order chi connectivity index (χ0) is 13.4. The summed E-state index contributed by atoms with van der Waals surface area (Å²) >= 11 is 10.3. The quantitative estimate of drug-likeness (QED) is 0.723. The molecule has 0 spiro atoms. The number of rotatable bonds is 3. The van der Waals surface area contributed by atoms with Crippen molar-refractivity contribution in [2.24, 2.45) is 11.8 Å². The highest BCUT2D eigenvalue weighted by atomic mass is 79.9. The third kappa shape index (κ3) is 2.87. The minimum Gasteiger partial charge on any atom is -0.490 e. The fraction of sp³-hybridized carbons (Fsp3) is 0.600. The van der Waals surface area contributed by atoms with Gasteiger partial charge in [-0.25, -0.2) is 0 Å². The fourth-order valence-electron chi connectivity index (χ4n) is 2.56. The first-order valence-electron chi connectivity index (χ1n) is 6.90. The number of benzene rings is 1. The first-order chi connectivity index (χ1) is 9.16. The first-order valence-corrected chi connectivity index (χ1v) is 8.13. The van der Waals surface area contributed by atoms with E-state index < -0.39 is 0 Å². The van der Waals surface area contributed by atoms with Crippen LogP contribution in [0.15, 0.2) is 16.6 Å². The van der Waals surface area contributed by atoms with Gasteiger partial charge in [0.2, 0.25) is 0 Å². The Bertz CT molecular complexity index is 473. The second-order valence-corrected chi connectivity index (χ2v) is 6.79. The lowest BCUT2D eigenvalue weighted by Crippen LogP contribution is -2.07. The van der Waals surface area contributed by atoms with Gasteiger partial charge in [0.05, 0.1) is 18.6 Å². The van der Waals surface area contributed by atoms with Crippen molar-refractivity contribution in [3.8, 4) is 11.5 Å². The monoisotopic (exact) mass is 344 g/mol. The molecule has 2 aliphatic rings. The molecule has 0 bridgehead atoms. The normalized spacial score (nSPS) is 21.6. The Morgan fingerprint density at radius 1 is 1.21 bits per heavy atom. The van der Waals surface area contributed by atoms with Crippen molar-refractivity contribution in [1.82, 2.24) is 0 Å². The van der Waals surface area contributed by atoms with Gasteiger partial charge < -0.3 is 9.47 Å². The van der Waals surface area contributed by atoms with Gasteiger partial charge in [-0.3, -0.25) is 0 Å². The van der Waals surface area contributed by atoms with Gasteiger partial charge in [-0.1, -0.05) is 22.9 Å². The van der Waals surface area contributed by atoms with Crippen LogP contribution in [0, 0.1) is 11.8 Å². The van der Waals surface area contributed by atoms with Crippen LogP contribution in [0.5, 0.6) is 11.5 Å². The number of hydrogen-bond acceptors (Lipinski definition) is 2. The van der Waals surface area contributed by atoms with Gasteiger partial charge in [-0.15, -0.1) is 11.6 Å². The molecule has 2 nitrogen and oxygen atoms in total. The highest BCUT2D eigenvalue weighted by molar-refractivity contribution is 9.10. The van der Waals surface area contributed by atoms with Crippen molar-refractivity contribution < 1.29 is 9.47 Å². The molecule has 1 aromatic rings. The Morgan fingerprint density at radius 3 is 2.47 bits per heavy atom. The van der Waals surface area contributed by atoms with Crippen molar-refractivity contribution >= 4 is 27.5 Å². The molecule has 2 atom stereocenters. The first kappa shape index (κ1) is 13.6. The zero-order valence-electron chi connectivity index (χ0n) is 11.0. The molecule has 0 saturated heterocycles. The summed E-state index contributed by atoms with van der Waals surface area (Å²) in [7, 11) is 0. The van der Waals surface area contributed by atoms with Crippen LogP contribution in [0.3, 0.4) is 0 Å². The molecular weight excluding hydrogens is 328 g/mol. The smallest absolute Gasteiger partial charge is 0.162 e. The maximum Gasteiger partial charge on any atom is 0.162 e. The summed E-state index contributed by atoms with van der Waals surface area (Å²) in [6.07, 6.45) is 3.55. The minimum atomic E-state index is 0.0269. The molecule has 4 heteroatoms. The Morgan fingerprint density at radius 2 is 1.84 bits per heavy atom. The third-order valence-corrected chi connectivity index (χ3v) is 5.31. The standard InChI is InChI=1S/C15H18BrClO2/c1-9(10-3-4-10)15(17)11-7-13-14(8-12(11)16)19-6-2-5-18-13/h7-10,15H,2-6H2,1H3. The molecule has 1 heterocycles. The number of halogens is 2. The molecule has 1 aliphatic heterocycles. The summed E-state index contributed by atoms with van der Waals surface area (Å²) < 4.78 is 12.4. The van der Waals surface area contributed by atoms with Crippen molar-refractivity contribution in [2.45, 2.75) is 31.6 Å². The average Bonchev–Trinajstić information content (AvgIpc) is 3.23. The van der Waals surface area contributed by atoms with Crippen LogP contribution in [0.4, 0.5) is 0 Å². The number of fused-ring (bicyclic) bond motifs is 1. The molecular formula is C15H18BrClO2. The van der Waals surface area contributed by atoms with Gasteiger partial charge in [-0.2, -0.15) is 0 Å². The highest BCUT2D eigenvalue weighted by Crippen LogP contribution is 2.48. The van der Waals surface area contributed by atoms with Gasteiger partial charge in [0, 0.05) is 10.9 Å². The van der Waals surface area contributed by atoms with Crippen LogP contribution in [-0.4, -0.2) is 13.2 Å². The van der Waals surface area contributed by atoms with E-state index in [0.717, 1.165) is 33.9 Å². The SMILES string of the molecule is CC(C1CC1)C(Cl)c1cc2c(cc1Br)OCCCO2. The predicted octanol–water partition coefficient (Wildman–Crippen LogP) is 4.94. The summed E-state index contributed by atoms with van der Waals surface area (Å²) in [5, 5.41) is 0.0269. The van der Waals surface area contributed by atoms with E-state index in [1.165, 1.54) is 12.8 Å². The molecule has 0 N–H and O–H groups in total. The lowest BCUT2D eigenvalue weighted by molar-refractivity contribution is 0.297. The molecule has 1 fully saturated rings. The maximum absolute atomic E-state index is 6.65. The molecule has 1 saturated carbocycles. The van der Waals surface area contributed by atoms with Crippen LogP contribution in [0.1, 0.15) is 37.1 Å². The van der Waals surface area contributed by atoms with Crippen LogP contribution >= 0.6 is 27.5 Å². The Kier molecular flexibility index (Phi) is 3.95.